The summed E-state index contributed by atoms with van der Waals surface area (Å²) in [5, 5.41) is 13.3. The lowest BCUT2D eigenvalue weighted by Gasteiger charge is -2.15. The number of nitrogens with zero attached hydrogens (tertiary/aromatic N) is 4. The predicted octanol–water partition coefficient (Wildman–Crippen LogP) is 14.8. The number of para-hydroxylation sites is 1. The van der Waals surface area contributed by atoms with Crippen LogP contribution in [-0.2, 0) is 0 Å². The van der Waals surface area contributed by atoms with Gasteiger partial charge >= 0.3 is 0 Å². The first-order valence-corrected chi connectivity index (χ1v) is 20.7. The van der Waals surface area contributed by atoms with E-state index < -0.39 is 0 Å². The van der Waals surface area contributed by atoms with Gasteiger partial charge in [-0.3, -0.25) is 0 Å². The van der Waals surface area contributed by atoms with Crippen LogP contribution in [0.4, 0.5) is 0 Å². The molecule has 0 saturated heterocycles. The Balaban J connectivity index is 1.04. The third-order valence-corrected chi connectivity index (χ3v) is 12.0. The summed E-state index contributed by atoms with van der Waals surface area (Å²) in [7, 11) is 0. The summed E-state index contributed by atoms with van der Waals surface area (Å²) in [5.41, 5.74) is 14.6. The van der Waals surface area contributed by atoms with Crippen molar-refractivity contribution in [3.63, 3.8) is 0 Å². The fourth-order valence-corrected chi connectivity index (χ4v) is 8.99. The SMILES string of the molecule is c1ccc(-c2ccc3ccc4ccc(-c5ccc6ccc(-c7cccc8c7cc(-c7ccccc7)c7c(-c9ccccc9)nn(-c9ccccc9)c78)cc6c5)nc4c3n2)cc1. The van der Waals surface area contributed by atoms with Crippen LogP contribution in [0.2, 0.25) is 0 Å². The zero-order valence-corrected chi connectivity index (χ0v) is 33.1. The van der Waals surface area contributed by atoms with Gasteiger partial charge in [-0.2, -0.15) is 5.10 Å². The maximum Gasteiger partial charge on any atom is 0.101 e. The summed E-state index contributed by atoms with van der Waals surface area (Å²) < 4.78 is 2.14. The second-order valence-electron chi connectivity index (χ2n) is 15.6. The quantitative estimate of drug-likeness (QED) is 0.158. The largest absolute Gasteiger partial charge is 0.245 e. The van der Waals surface area contributed by atoms with Gasteiger partial charge in [-0.25, -0.2) is 14.6 Å². The normalized spacial score (nSPS) is 11.6. The number of hydrogen-bond donors (Lipinski definition) is 0. The molecule has 9 aromatic carbocycles. The highest BCUT2D eigenvalue weighted by atomic mass is 15.3. The molecule has 0 aliphatic carbocycles. The molecule has 0 saturated carbocycles. The van der Waals surface area contributed by atoms with Gasteiger partial charge in [-0.15, -0.1) is 0 Å². The van der Waals surface area contributed by atoms with Crippen LogP contribution in [0.1, 0.15) is 0 Å². The van der Waals surface area contributed by atoms with E-state index in [-0.39, 0.29) is 0 Å². The minimum absolute atomic E-state index is 0.906. The van der Waals surface area contributed by atoms with Gasteiger partial charge in [0.25, 0.3) is 0 Å². The Bertz CT molecular complexity index is 3620. The predicted molar refractivity (Wildman–Crippen MR) is 254 cm³/mol. The molecule has 0 fully saturated rings. The molecule has 0 N–H and O–H groups in total. The molecule has 4 nitrogen and oxygen atoms in total. The maximum absolute atomic E-state index is 5.41. The van der Waals surface area contributed by atoms with Crippen molar-refractivity contribution in [2.75, 3.05) is 0 Å². The van der Waals surface area contributed by atoms with E-state index in [0.717, 1.165) is 99.6 Å². The van der Waals surface area contributed by atoms with Crippen molar-refractivity contribution in [2.45, 2.75) is 0 Å². The molecular formula is C57H36N4. The van der Waals surface area contributed by atoms with Crippen LogP contribution in [0.15, 0.2) is 218 Å². The van der Waals surface area contributed by atoms with Crippen LogP contribution in [-0.4, -0.2) is 19.7 Å². The van der Waals surface area contributed by atoms with Crippen molar-refractivity contribution in [3.8, 4) is 61.7 Å². The first-order chi connectivity index (χ1) is 30.2. The highest BCUT2D eigenvalue weighted by molar-refractivity contribution is 6.20. The van der Waals surface area contributed by atoms with E-state index >= 15 is 0 Å². The van der Waals surface area contributed by atoms with E-state index in [4.69, 9.17) is 15.1 Å². The highest BCUT2D eigenvalue weighted by Crippen LogP contribution is 2.44. The summed E-state index contributed by atoms with van der Waals surface area (Å²) in [6.45, 7) is 0. The molecular weight excluding hydrogens is 741 g/mol. The second kappa shape index (κ2) is 14.3. The molecule has 0 aliphatic heterocycles. The van der Waals surface area contributed by atoms with E-state index in [1.165, 1.54) is 16.3 Å². The molecule has 0 aliphatic rings. The Kier molecular flexibility index (Phi) is 8.13. The van der Waals surface area contributed by atoms with Crippen LogP contribution < -0.4 is 0 Å². The van der Waals surface area contributed by atoms with Gasteiger partial charge in [0, 0.05) is 38.2 Å². The van der Waals surface area contributed by atoms with Crippen molar-refractivity contribution in [2.24, 2.45) is 0 Å². The summed E-state index contributed by atoms with van der Waals surface area (Å²) in [4.78, 5) is 10.4. The van der Waals surface area contributed by atoms with E-state index in [9.17, 15) is 0 Å². The smallest absolute Gasteiger partial charge is 0.101 e. The maximum atomic E-state index is 5.41. The fraction of sp³-hybridized carbons (Fsp3) is 0. The first-order valence-electron chi connectivity index (χ1n) is 20.7. The lowest BCUT2D eigenvalue weighted by molar-refractivity contribution is 0.918. The Morgan fingerprint density at radius 2 is 0.869 bits per heavy atom. The lowest BCUT2D eigenvalue weighted by atomic mass is 9.90. The third-order valence-electron chi connectivity index (χ3n) is 12.0. The minimum Gasteiger partial charge on any atom is -0.245 e. The topological polar surface area (TPSA) is 43.6 Å². The van der Waals surface area contributed by atoms with Crippen LogP contribution >= 0.6 is 0 Å². The molecule has 12 aromatic rings. The van der Waals surface area contributed by atoms with E-state index in [2.05, 4.69) is 217 Å². The molecule has 61 heavy (non-hydrogen) atoms. The zero-order valence-electron chi connectivity index (χ0n) is 33.1. The van der Waals surface area contributed by atoms with Gasteiger partial charge in [-0.05, 0) is 80.9 Å². The van der Waals surface area contributed by atoms with Gasteiger partial charge in [0.05, 0.1) is 33.6 Å². The molecule has 3 aromatic heterocycles. The van der Waals surface area contributed by atoms with Crippen molar-refractivity contribution in [1.82, 2.24) is 19.7 Å². The molecule has 12 rings (SSSR count). The van der Waals surface area contributed by atoms with Gasteiger partial charge in [0.1, 0.15) is 5.69 Å². The first kappa shape index (κ1) is 34.8. The molecule has 284 valence electrons. The summed E-state index contributed by atoms with van der Waals surface area (Å²) in [6, 6.07) is 77.5. The molecule has 0 bridgehead atoms. The van der Waals surface area contributed by atoms with Crippen LogP contribution in [0.25, 0.3) is 116 Å². The Morgan fingerprint density at radius 3 is 1.54 bits per heavy atom. The summed E-state index contributed by atoms with van der Waals surface area (Å²) >= 11 is 0. The van der Waals surface area contributed by atoms with Crippen LogP contribution in [0.3, 0.4) is 0 Å². The average molecular weight is 777 g/mol. The molecule has 4 heteroatoms. The Hall–Kier alpha value is -8.21. The van der Waals surface area contributed by atoms with Crippen molar-refractivity contribution in [1.29, 1.82) is 0 Å². The minimum atomic E-state index is 0.906. The standard InChI is InChI=1S/C57H36N4/c1-5-14-38(15-6-1)49-36-50-47(22-13-23-48(50)57-53(49)54(40-18-9-3-10-19-40)60-61(57)46-20-11-4-12-21-46)43-28-24-37-25-29-44(35-45(37)34-43)52-33-31-42-27-26-41-30-32-51(39-16-7-2-8-17-39)58-55(41)56(42)59-52/h1-36H. The number of fused-ring (bicyclic) bond motifs is 7. The number of pyridine rings is 2. The van der Waals surface area contributed by atoms with E-state index in [1.54, 1.807) is 0 Å². The fourth-order valence-electron chi connectivity index (χ4n) is 8.99. The molecule has 0 amide bonds. The lowest BCUT2D eigenvalue weighted by Crippen LogP contribution is -1.97. The number of hydrogen-bond acceptors (Lipinski definition) is 3. The monoisotopic (exact) mass is 776 g/mol. The second-order valence-corrected chi connectivity index (χ2v) is 15.6. The summed E-state index contributed by atoms with van der Waals surface area (Å²) in [6.07, 6.45) is 0. The van der Waals surface area contributed by atoms with Gasteiger partial charge in [0.2, 0.25) is 0 Å². The number of rotatable bonds is 6. The van der Waals surface area contributed by atoms with E-state index in [0.29, 0.717) is 0 Å². The number of benzene rings is 9. The molecule has 0 atom stereocenters. The summed E-state index contributed by atoms with van der Waals surface area (Å²) in [5.74, 6) is 0. The highest BCUT2D eigenvalue weighted by Gasteiger charge is 2.22. The van der Waals surface area contributed by atoms with Gasteiger partial charge < -0.3 is 0 Å². The van der Waals surface area contributed by atoms with E-state index in [1.807, 2.05) is 6.07 Å². The Labute approximate surface area is 352 Å². The third kappa shape index (κ3) is 5.96. The van der Waals surface area contributed by atoms with Crippen LogP contribution in [0.5, 0.6) is 0 Å². The van der Waals surface area contributed by atoms with Crippen molar-refractivity contribution < 1.29 is 0 Å². The Morgan fingerprint density at radius 1 is 0.328 bits per heavy atom. The molecule has 3 heterocycles. The molecule has 0 radical (unpaired) electrons. The number of aromatic nitrogens is 4. The average Bonchev–Trinajstić information content (AvgIpc) is 3.75. The molecule has 0 spiro atoms. The van der Waals surface area contributed by atoms with Crippen molar-refractivity contribution in [3.05, 3.63) is 218 Å². The van der Waals surface area contributed by atoms with Crippen molar-refractivity contribution >= 4 is 54.3 Å². The van der Waals surface area contributed by atoms with Gasteiger partial charge in [-0.1, -0.05) is 176 Å². The van der Waals surface area contributed by atoms with Crippen LogP contribution in [0, 0.1) is 0 Å². The van der Waals surface area contributed by atoms with Gasteiger partial charge in [0.15, 0.2) is 0 Å². The molecule has 0 unspecified atom stereocenters. The zero-order chi connectivity index (χ0) is 40.3.